The maximum absolute atomic E-state index is 13.2. The Labute approximate surface area is 147 Å². The fraction of sp³-hybridized carbons (Fsp3) is 0.167. The summed E-state index contributed by atoms with van der Waals surface area (Å²) in [5.74, 6) is 0.0479. The average molecular weight is 381 g/mol. The van der Waals surface area contributed by atoms with Gasteiger partial charge in [-0.05, 0) is 41.8 Å². The third-order valence-electron chi connectivity index (χ3n) is 4.82. The van der Waals surface area contributed by atoms with E-state index in [9.17, 15) is 4.79 Å². The summed E-state index contributed by atoms with van der Waals surface area (Å²) < 4.78 is 2.81. The molecule has 0 saturated carbocycles. The van der Waals surface area contributed by atoms with E-state index >= 15 is 0 Å². The highest BCUT2D eigenvalue weighted by Gasteiger charge is 2.38. The molecule has 3 heterocycles. The van der Waals surface area contributed by atoms with Gasteiger partial charge in [-0.15, -0.1) is 5.10 Å². The molecule has 2 aliphatic heterocycles. The average Bonchev–Trinajstić information content (AvgIpc) is 3.05. The van der Waals surface area contributed by atoms with Gasteiger partial charge in [0.05, 0.1) is 23.1 Å². The molecule has 5 rings (SSSR count). The molecule has 2 aliphatic rings. The summed E-state index contributed by atoms with van der Waals surface area (Å²) in [5.41, 5.74) is 4.80. The van der Waals surface area contributed by atoms with Crippen LogP contribution in [0.1, 0.15) is 33.2 Å². The summed E-state index contributed by atoms with van der Waals surface area (Å²) in [7, 11) is 0. The summed E-state index contributed by atoms with van der Waals surface area (Å²) in [5, 5.41) is 8.37. The minimum absolute atomic E-state index is 0.0479. The van der Waals surface area contributed by atoms with Crippen LogP contribution in [0.15, 0.2) is 53.1 Å². The normalized spacial score (nSPS) is 18.3. The van der Waals surface area contributed by atoms with Crippen molar-refractivity contribution in [2.45, 2.75) is 12.5 Å². The highest BCUT2D eigenvalue weighted by atomic mass is 79.9. The Morgan fingerprint density at radius 1 is 1.17 bits per heavy atom. The monoisotopic (exact) mass is 380 g/mol. The predicted octanol–water partition coefficient (Wildman–Crippen LogP) is 3.13. The van der Waals surface area contributed by atoms with Gasteiger partial charge in [0.25, 0.3) is 5.91 Å². The molecule has 2 aromatic carbocycles. The lowest BCUT2D eigenvalue weighted by atomic mass is 9.91. The third-order valence-corrected chi connectivity index (χ3v) is 5.31. The van der Waals surface area contributed by atoms with E-state index in [0.717, 1.165) is 27.8 Å². The Morgan fingerprint density at radius 3 is 2.96 bits per heavy atom. The van der Waals surface area contributed by atoms with Crippen LogP contribution in [0.3, 0.4) is 0 Å². The Bertz CT molecular complexity index is 981. The Balaban J connectivity index is 1.82. The molecule has 1 amide bonds. The Morgan fingerprint density at radius 2 is 2.04 bits per heavy atom. The van der Waals surface area contributed by atoms with Crippen molar-refractivity contribution in [1.29, 1.82) is 0 Å². The van der Waals surface area contributed by atoms with Crippen molar-refractivity contribution in [2.24, 2.45) is 0 Å². The van der Waals surface area contributed by atoms with Crippen LogP contribution in [0, 0.1) is 0 Å². The molecule has 0 saturated heterocycles. The first kappa shape index (κ1) is 13.9. The van der Waals surface area contributed by atoms with Crippen molar-refractivity contribution >= 4 is 21.8 Å². The molecule has 118 valence electrons. The van der Waals surface area contributed by atoms with Crippen LogP contribution in [0.5, 0.6) is 0 Å². The quantitative estimate of drug-likeness (QED) is 0.601. The molecule has 0 fully saturated rings. The van der Waals surface area contributed by atoms with Crippen molar-refractivity contribution in [2.75, 3.05) is 6.54 Å². The van der Waals surface area contributed by atoms with Gasteiger partial charge in [0.2, 0.25) is 0 Å². The van der Waals surface area contributed by atoms with Crippen LogP contribution >= 0.6 is 15.9 Å². The van der Waals surface area contributed by atoms with Gasteiger partial charge in [-0.2, -0.15) is 0 Å². The van der Waals surface area contributed by atoms with Crippen molar-refractivity contribution in [3.05, 3.63) is 75.5 Å². The first-order valence-corrected chi connectivity index (χ1v) is 8.62. The van der Waals surface area contributed by atoms with Crippen molar-refractivity contribution in [1.82, 2.24) is 19.9 Å². The standard InChI is InChI=1S/C18H13BrN4O/c19-12-6-5-11-7-8-22-17(14(11)9-12)16-10-20-21-23(16)15-4-2-1-3-13(15)18(22)24/h1-6,9-10,17H,7-8H2. The number of hydrogen-bond donors (Lipinski definition) is 0. The van der Waals surface area contributed by atoms with Crippen LogP contribution in [0.4, 0.5) is 0 Å². The highest BCUT2D eigenvalue weighted by molar-refractivity contribution is 9.10. The second-order valence-corrected chi connectivity index (χ2v) is 7.00. The van der Waals surface area contributed by atoms with Gasteiger partial charge in [0.1, 0.15) is 6.04 Å². The van der Waals surface area contributed by atoms with E-state index in [0.29, 0.717) is 12.1 Å². The number of carbonyl (C=O) groups is 1. The molecule has 1 atom stereocenters. The lowest BCUT2D eigenvalue weighted by molar-refractivity contribution is 0.0697. The Kier molecular flexibility index (Phi) is 2.91. The van der Waals surface area contributed by atoms with E-state index in [1.807, 2.05) is 29.2 Å². The summed E-state index contributed by atoms with van der Waals surface area (Å²) in [6, 6.07) is 13.7. The van der Waals surface area contributed by atoms with E-state index in [1.54, 1.807) is 10.9 Å². The van der Waals surface area contributed by atoms with E-state index in [1.165, 1.54) is 5.56 Å². The molecular formula is C18H13BrN4O. The summed E-state index contributed by atoms with van der Waals surface area (Å²) in [4.78, 5) is 15.1. The van der Waals surface area contributed by atoms with Gasteiger partial charge in [-0.3, -0.25) is 4.79 Å². The van der Waals surface area contributed by atoms with Gasteiger partial charge < -0.3 is 4.90 Å². The topological polar surface area (TPSA) is 51.0 Å². The SMILES string of the molecule is O=C1c2ccccc2-n2nncc2C2c3cc(Br)ccc3CCN12. The predicted molar refractivity (Wildman–Crippen MR) is 92.1 cm³/mol. The van der Waals surface area contributed by atoms with Crippen LogP contribution < -0.4 is 0 Å². The summed E-state index contributed by atoms with van der Waals surface area (Å²) in [6.45, 7) is 0.692. The molecule has 24 heavy (non-hydrogen) atoms. The van der Waals surface area contributed by atoms with Gasteiger partial charge in [-0.1, -0.05) is 39.3 Å². The number of para-hydroxylation sites is 1. The second-order valence-electron chi connectivity index (χ2n) is 6.08. The molecule has 0 bridgehead atoms. The third kappa shape index (κ3) is 1.83. The molecule has 1 unspecified atom stereocenters. The highest BCUT2D eigenvalue weighted by Crippen LogP contribution is 2.40. The second kappa shape index (κ2) is 5.01. The maximum Gasteiger partial charge on any atom is 0.256 e. The Hall–Kier alpha value is -2.47. The molecule has 0 spiro atoms. The molecule has 6 heteroatoms. The molecule has 0 N–H and O–H groups in total. The van der Waals surface area contributed by atoms with E-state index in [4.69, 9.17) is 0 Å². The van der Waals surface area contributed by atoms with E-state index in [2.05, 4.69) is 44.4 Å². The number of fused-ring (bicyclic) bond motifs is 7. The summed E-state index contributed by atoms with van der Waals surface area (Å²) >= 11 is 3.56. The zero-order chi connectivity index (χ0) is 16.3. The number of halogens is 1. The molecule has 0 aliphatic carbocycles. The van der Waals surface area contributed by atoms with Gasteiger partial charge >= 0.3 is 0 Å². The zero-order valence-corrected chi connectivity index (χ0v) is 14.3. The fourth-order valence-corrected chi connectivity index (χ4v) is 4.11. The van der Waals surface area contributed by atoms with Crippen LogP contribution in [-0.4, -0.2) is 32.3 Å². The maximum atomic E-state index is 13.2. The smallest absolute Gasteiger partial charge is 0.256 e. The first-order chi connectivity index (χ1) is 11.7. The number of carbonyl (C=O) groups excluding carboxylic acids is 1. The number of rotatable bonds is 0. The van der Waals surface area contributed by atoms with Crippen LogP contribution in [-0.2, 0) is 6.42 Å². The van der Waals surface area contributed by atoms with E-state index < -0.39 is 0 Å². The number of benzene rings is 2. The largest absolute Gasteiger partial charge is 0.325 e. The van der Waals surface area contributed by atoms with Crippen molar-refractivity contribution in [3.8, 4) is 5.69 Å². The number of aromatic nitrogens is 3. The molecule has 1 aromatic heterocycles. The minimum atomic E-state index is -0.166. The molecule has 0 radical (unpaired) electrons. The fourth-order valence-electron chi connectivity index (χ4n) is 3.73. The minimum Gasteiger partial charge on any atom is -0.325 e. The number of amides is 1. The molecule has 5 nitrogen and oxygen atoms in total. The van der Waals surface area contributed by atoms with Gasteiger partial charge in [-0.25, -0.2) is 4.68 Å². The lowest BCUT2D eigenvalue weighted by Crippen LogP contribution is -2.40. The van der Waals surface area contributed by atoms with Crippen LogP contribution in [0.2, 0.25) is 0 Å². The molecule has 3 aromatic rings. The van der Waals surface area contributed by atoms with Crippen LogP contribution in [0.25, 0.3) is 5.69 Å². The van der Waals surface area contributed by atoms with Crippen molar-refractivity contribution in [3.63, 3.8) is 0 Å². The first-order valence-electron chi connectivity index (χ1n) is 7.83. The lowest BCUT2D eigenvalue weighted by Gasteiger charge is -2.36. The summed E-state index contributed by atoms with van der Waals surface area (Å²) in [6.07, 6.45) is 2.62. The van der Waals surface area contributed by atoms with Gasteiger partial charge in [0.15, 0.2) is 0 Å². The van der Waals surface area contributed by atoms with Gasteiger partial charge in [0, 0.05) is 11.0 Å². The van der Waals surface area contributed by atoms with Crippen molar-refractivity contribution < 1.29 is 4.79 Å². The number of hydrogen-bond acceptors (Lipinski definition) is 3. The zero-order valence-electron chi connectivity index (χ0n) is 12.7. The van der Waals surface area contributed by atoms with E-state index in [-0.39, 0.29) is 11.9 Å². The number of nitrogens with zero attached hydrogens (tertiary/aromatic N) is 4. The molecular weight excluding hydrogens is 368 g/mol.